The maximum Gasteiger partial charge on any atom is 0.273 e. The number of ketones is 1. The zero-order chi connectivity index (χ0) is 17.1. The van der Waals surface area contributed by atoms with Crippen molar-refractivity contribution in [1.29, 1.82) is 0 Å². The Hall–Kier alpha value is -3.21. The van der Waals surface area contributed by atoms with Gasteiger partial charge in [-0.1, -0.05) is 42.0 Å². The highest BCUT2D eigenvalue weighted by molar-refractivity contribution is 6.04. The molecule has 0 aliphatic heterocycles. The molecule has 0 bridgehead atoms. The van der Waals surface area contributed by atoms with Crippen molar-refractivity contribution in [2.24, 2.45) is 0 Å². The first-order chi connectivity index (χ1) is 11.5. The molecule has 1 aromatic heterocycles. The van der Waals surface area contributed by atoms with Crippen molar-refractivity contribution in [2.45, 2.75) is 13.8 Å². The molecule has 120 valence electrons. The van der Waals surface area contributed by atoms with Crippen molar-refractivity contribution in [1.82, 2.24) is 10.2 Å². The zero-order valence-electron chi connectivity index (χ0n) is 13.5. The standard InChI is InChI=1S/C19H17N3O2/c1-12-6-8-14(9-7-12)17-11-18(22-21-17)19(24)20-16-5-3-4-15(10-16)13(2)23/h3-11H,1-2H3,(H,20,24)(H,21,22). The normalized spacial score (nSPS) is 10.4. The average Bonchev–Trinajstić information content (AvgIpc) is 3.06. The summed E-state index contributed by atoms with van der Waals surface area (Å²) < 4.78 is 0. The van der Waals surface area contributed by atoms with Gasteiger partial charge in [0.05, 0.1) is 5.69 Å². The third kappa shape index (κ3) is 3.41. The van der Waals surface area contributed by atoms with E-state index in [-0.39, 0.29) is 11.7 Å². The number of nitrogens with one attached hydrogen (secondary N) is 2. The van der Waals surface area contributed by atoms with Crippen LogP contribution in [0, 0.1) is 6.92 Å². The van der Waals surface area contributed by atoms with Crippen LogP contribution in [0.15, 0.2) is 54.6 Å². The Bertz CT molecular complexity index is 895. The lowest BCUT2D eigenvalue weighted by atomic mass is 10.1. The first-order valence-electron chi connectivity index (χ1n) is 7.58. The van der Waals surface area contributed by atoms with Crippen LogP contribution in [0.5, 0.6) is 0 Å². The summed E-state index contributed by atoms with van der Waals surface area (Å²) in [6.07, 6.45) is 0. The van der Waals surface area contributed by atoms with Crippen molar-refractivity contribution >= 4 is 17.4 Å². The van der Waals surface area contributed by atoms with Crippen LogP contribution in [-0.4, -0.2) is 21.9 Å². The number of aromatic amines is 1. The van der Waals surface area contributed by atoms with E-state index in [4.69, 9.17) is 0 Å². The molecular weight excluding hydrogens is 302 g/mol. The summed E-state index contributed by atoms with van der Waals surface area (Å²) in [6, 6.07) is 16.5. The maximum atomic E-state index is 12.3. The predicted molar refractivity (Wildman–Crippen MR) is 93.2 cm³/mol. The van der Waals surface area contributed by atoms with Gasteiger partial charge >= 0.3 is 0 Å². The van der Waals surface area contributed by atoms with Crippen molar-refractivity contribution < 1.29 is 9.59 Å². The fraction of sp³-hybridized carbons (Fsp3) is 0.105. The van der Waals surface area contributed by atoms with Gasteiger partial charge in [-0.25, -0.2) is 0 Å². The Morgan fingerprint density at radius 3 is 2.50 bits per heavy atom. The van der Waals surface area contributed by atoms with E-state index in [1.54, 1.807) is 30.3 Å². The Kier molecular flexibility index (Phi) is 4.24. The van der Waals surface area contributed by atoms with Crippen LogP contribution in [0.4, 0.5) is 5.69 Å². The van der Waals surface area contributed by atoms with E-state index in [0.717, 1.165) is 11.1 Å². The molecule has 24 heavy (non-hydrogen) atoms. The topological polar surface area (TPSA) is 74.8 Å². The van der Waals surface area contributed by atoms with Gasteiger partial charge in [-0.2, -0.15) is 5.10 Å². The Morgan fingerprint density at radius 1 is 1.04 bits per heavy atom. The van der Waals surface area contributed by atoms with Crippen molar-refractivity contribution in [3.63, 3.8) is 0 Å². The first kappa shape index (κ1) is 15.7. The summed E-state index contributed by atoms with van der Waals surface area (Å²) in [5, 5.41) is 9.70. The molecule has 1 heterocycles. The number of hydrogen-bond acceptors (Lipinski definition) is 3. The Morgan fingerprint density at radius 2 is 1.79 bits per heavy atom. The minimum Gasteiger partial charge on any atom is -0.321 e. The number of carbonyl (C=O) groups excluding carboxylic acids is 2. The third-order valence-corrected chi connectivity index (χ3v) is 3.70. The molecule has 0 fully saturated rings. The molecule has 5 nitrogen and oxygen atoms in total. The van der Waals surface area contributed by atoms with Crippen LogP contribution >= 0.6 is 0 Å². The minimum atomic E-state index is -0.304. The van der Waals surface area contributed by atoms with Gasteiger partial charge in [0.25, 0.3) is 5.91 Å². The summed E-state index contributed by atoms with van der Waals surface area (Å²) in [5.41, 5.74) is 4.29. The van der Waals surface area contributed by atoms with Gasteiger partial charge in [-0.3, -0.25) is 14.7 Å². The molecule has 0 saturated heterocycles. The Labute approximate surface area is 139 Å². The molecule has 3 aromatic rings. The second-order valence-electron chi connectivity index (χ2n) is 5.62. The van der Waals surface area contributed by atoms with Gasteiger partial charge in [-0.15, -0.1) is 0 Å². The lowest BCUT2D eigenvalue weighted by Crippen LogP contribution is -2.12. The molecule has 2 N–H and O–H groups in total. The van der Waals surface area contributed by atoms with Gasteiger partial charge in [0.2, 0.25) is 0 Å². The maximum absolute atomic E-state index is 12.3. The zero-order valence-corrected chi connectivity index (χ0v) is 13.5. The fourth-order valence-corrected chi connectivity index (χ4v) is 2.32. The number of benzene rings is 2. The lowest BCUT2D eigenvalue weighted by Gasteiger charge is -2.04. The summed E-state index contributed by atoms with van der Waals surface area (Å²) in [5.74, 6) is -0.351. The Balaban J connectivity index is 1.77. The van der Waals surface area contributed by atoms with Crippen molar-refractivity contribution in [3.05, 3.63) is 71.4 Å². The molecule has 0 spiro atoms. The van der Waals surface area contributed by atoms with E-state index >= 15 is 0 Å². The minimum absolute atomic E-state index is 0.0469. The number of nitrogens with zero attached hydrogens (tertiary/aromatic N) is 1. The lowest BCUT2D eigenvalue weighted by molar-refractivity contribution is 0.100. The highest BCUT2D eigenvalue weighted by atomic mass is 16.2. The van der Waals surface area contributed by atoms with Gasteiger partial charge < -0.3 is 5.32 Å². The van der Waals surface area contributed by atoms with Crippen LogP contribution in [0.3, 0.4) is 0 Å². The fourth-order valence-electron chi connectivity index (χ4n) is 2.32. The van der Waals surface area contributed by atoms with E-state index in [1.807, 2.05) is 31.2 Å². The molecule has 0 atom stereocenters. The number of carbonyl (C=O) groups is 2. The summed E-state index contributed by atoms with van der Waals surface area (Å²) >= 11 is 0. The molecule has 5 heteroatoms. The summed E-state index contributed by atoms with van der Waals surface area (Å²) in [4.78, 5) is 23.7. The molecule has 1 amide bonds. The van der Waals surface area contributed by atoms with Crippen LogP contribution in [0.25, 0.3) is 11.3 Å². The molecule has 2 aromatic carbocycles. The van der Waals surface area contributed by atoms with E-state index < -0.39 is 0 Å². The number of H-pyrrole nitrogens is 1. The summed E-state index contributed by atoms with van der Waals surface area (Å²) in [7, 11) is 0. The molecular formula is C19H17N3O2. The highest BCUT2D eigenvalue weighted by Crippen LogP contribution is 2.19. The van der Waals surface area contributed by atoms with Crippen LogP contribution in [0.1, 0.15) is 33.3 Å². The van der Waals surface area contributed by atoms with Gasteiger partial charge in [0.1, 0.15) is 5.69 Å². The van der Waals surface area contributed by atoms with Crippen molar-refractivity contribution in [2.75, 3.05) is 5.32 Å². The van der Waals surface area contributed by atoms with Gasteiger partial charge in [0, 0.05) is 16.8 Å². The number of amides is 1. The molecule has 0 aliphatic carbocycles. The molecule has 0 aliphatic rings. The molecule has 0 saturated carbocycles. The quantitative estimate of drug-likeness (QED) is 0.717. The monoisotopic (exact) mass is 319 g/mol. The number of aryl methyl sites for hydroxylation is 1. The average molecular weight is 319 g/mol. The largest absolute Gasteiger partial charge is 0.321 e. The molecule has 0 radical (unpaired) electrons. The van der Waals surface area contributed by atoms with Crippen LogP contribution in [0.2, 0.25) is 0 Å². The second kappa shape index (κ2) is 6.50. The van der Waals surface area contributed by atoms with Gasteiger partial charge in [0.15, 0.2) is 5.78 Å². The number of aromatic nitrogens is 2. The smallest absolute Gasteiger partial charge is 0.273 e. The van der Waals surface area contributed by atoms with E-state index in [0.29, 0.717) is 22.6 Å². The number of hydrogen-bond donors (Lipinski definition) is 2. The third-order valence-electron chi connectivity index (χ3n) is 3.70. The van der Waals surface area contributed by atoms with E-state index in [2.05, 4.69) is 15.5 Å². The van der Waals surface area contributed by atoms with E-state index in [9.17, 15) is 9.59 Å². The SMILES string of the molecule is CC(=O)c1cccc(NC(=O)c2cc(-c3ccc(C)cc3)n[nH]2)c1. The molecule has 0 unspecified atom stereocenters. The first-order valence-corrected chi connectivity index (χ1v) is 7.58. The molecule has 3 rings (SSSR count). The number of anilines is 1. The van der Waals surface area contributed by atoms with Crippen molar-refractivity contribution in [3.8, 4) is 11.3 Å². The van der Waals surface area contributed by atoms with Gasteiger partial charge in [-0.05, 0) is 32.0 Å². The van der Waals surface area contributed by atoms with Crippen LogP contribution in [-0.2, 0) is 0 Å². The number of rotatable bonds is 4. The second-order valence-corrected chi connectivity index (χ2v) is 5.62. The van der Waals surface area contributed by atoms with E-state index in [1.165, 1.54) is 6.92 Å². The van der Waals surface area contributed by atoms with Crippen LogP contribution < -0.4 is 5.32 Å². The highest BCUT2D eigenvalue weighted by Gasteiger charge is 2.12. The number of Topliss-reactive ketones (excluding diaryl/α,β-unsaturated/α-hetero) is 1. The predicted octanol–water partition coefficient (Wildman–Crippen LogP) is 3.84. The summed E-state index contributed by atoms with van der Waals surface area (Å²) in [6.45, 7) is 3.51.